The highest BCUT2D eigenvalue weighted by Crippen LogP contribution is 2.37. The molecule has 0 aliphatic rings. The molecule has 0 saturated carbocycles. The van der Waals surface area contributed by atoms with E-state index in [0.717, 1.165) is 5.56 Å². The summed E-state index contributed by atoms with van der Waals surface area (Å²) in [5.74, 6) is 1.53. The fraction of sp³-hybridized carbons (Fsp3) is 0.318. The van der Waals surface area contributed by atoms with Gasteiger partial charge in [-0.2, -0.15) is 0 Å². The Morgan fingerprint density at radius 3 is 2.65 bits per heavy atom. The van der Waals surface area contributed by atoms with Crippen molar-refractivity contribution in [2.45, 2.75) is 26.3 Å². The third-order valence-corrected chi connectivity index (χ3v) is 5.11. The zero-order chi connectivity index (χ0) is 22.4. The van der Waals surface area contributed by atoms with Crippen LogP contribution in [0.1, 0.15) is 24.5 Å². The molecular weight excluding hydrogens is 420 g/mol. The van der Waals surface area contributed by atoms with Crippen LogP contribution in [0.4, 0.5) is 11.5 Å². The number of methoxy groups -OCH3 is 2. The van der Waals surface area contributed by atoms with Crippen molar-refractivity contribution in [2.24, 2.45) is 0 Å². The van der Waals surface area contributed by atoms with Gasteiger partial charge in [-0.05, 0) is 23.8 Å². The third kappa shape index (κ3) is 4.98. The van der Waals surface area contributed by atoms with Gasteiger partial charge in [-0.25, -0.2) is 9.97 Å². The second-order valence-electron chi connectivity index (χ2n) is 6.75. The van der Waals surface area contributed by atoms with Crippen LogP contribution < -0.4 is 20.1 Å². The van der Waals surface area contributed by atoms with E-state index in [2.05, 4.69) is 20.6 Å². The number of benzene rings is 2. The summed E-state index contributed by atoms with van der Waals surface area (Å²) in [6.45, 7) is 2.15. The largest absolute Gasteiger partial charge is 0.495 e. The summed E-state index contributed by atoms with van der Waals surface area (Å²) in [6, 6.07) is 7.32. The molecule has 2 aromatic carbocycles. The number of aromatic nitrogens is 2. The number of hydrogen-bond acceptors (Lipinski definition) is 7. The number of fused-ring (bicyclic) bond motifs is 1. The number of nitrogens with zero attached hydrogens (tertiary/aromatic N) is 2. The highest BCUT2D eigenvalue weighted by Gasteiger charge is 2.19. The predicted octanol–water partition coefficient (Wildman–Crippen LogP) is 3.80. The number of carbonyl (C=O) groups excluding carboxylic acids is 1. The fourth-order valence-electron chi connectivity index (χ4n) is 3.31. The SMILES string of the molecule is CCC(=O)Nc1cc2c(NCc3ccc(OC)c(Cl)c3)ncnc2c(CCO)c1OC. The lowest BCUT2D eigenvalue weighted by Crippen LogP contribution is -2.12. The third-order valence-electron chi connectivity index (χ3n) is 4.81. The van der Waals surface area contributed by atoms with Crippen molar-refractivity contribution in [1.29, 1.82) is 0 Å². The molecule has 0 aliphatic heterocycles. The molecule has 0 aliphatic carbocycles. The van der Waals surface area contributed by atoms with Crippen LogP contribution in [-0.2, 0) is 17.8 Å². The number of nitrogens with one attached hydrogen (secondary N) is 2. The second kappa shape index (κ2) is 10.3. The molecule has 164 valence electrons. The molecule has 0 spiro atoms. The minimum Gasteiger partial charge on any atom is -0.495 e. The summed E-state index contributed by atoms with van der Waals surface area (Å²) < 4.78 is 10.7. The first-order valence-electron chi connectivity index (χ1n) is 9.83. The van der Waals surface area contributed by atoms with Crippen molar-refractivity contribution in [2.75, 3.05) is 31.5 Å². The van der Waals surface area contributed by atoms with Gasteiger partial charge in [0.05, 0.1) is 30.4 Å². The molecule has 3 N–H and O–H groups in total. The number of ether oxygens (including phenoxy) is 2. The van der Waals surface area contributed by atoms with Crippen molar-refractivity contribution in [3.8, 4) is 11.5 Å². The Morgan fingerprint density at radius 1 is 1.19 bits per heavy atom. The van der Waals surface area contributed by atoms with Gasteiger partial charge >= 0.3 is 0 Å². The number of carbonyl (C=O) groups is 1. The van der Waals surface area contributed by atoms with Crippen LogP contribution in [0.25, 0.3) is 10.9 Å². The lowest BCUT2D eigenvalue weighted by atomic mass is 10.0. The summed E-state index contributed by atoms with van der Waals surface area (Å²) in [5, 5.41) is 17.0. The van der Waals surface area contributed by atoms with E-state index in [-0.39, 0.29) is 12.5 Å². The standard InChI is InChI=1S/C22H25ClN4O4/c1-4-19(29)27-17-10-15-20(14(7-8-28)21(17)31-3)25-12-26-22(15)24-11-13-5-6-18(30-2)16(23)9-13/h5-6,9-10,12,28H,4,7-8,11H2,1-3H3,(H,27,29)(H,24,25,26). The van der Waals surface area contributed by atoms with Gasteiger partial charge in [-0.15, -0.1) is 0 Å². The molecule has 1 amide bonds. The summed E-state index contributed by atoms with van der Waals surface area (Å²) >= 11 is 6.22. The second-order valence-corrected chi connectivity index (χ2v) is 7.16. The predicted molar refractivity (Wildman–Crippen MR) is 121 cm³/mol. The van der Waals surface area contributed by atoms with Crippen molar-refractivity contribution >= 4 is 39.9 Å². The molecule has 0 saturated heterocycles. The molecule has 0 bridgehead atoms. The highest BCUT2D eigenvalue weighted by molar-refractivity contribution is 6.32. The maximum Gasteiger partial charge on any atom is 0.224 e. The van der Waals surface area contributed by atoms with Crippen LogP contribution in [0, 0.1) is 0 Å². The zero-order valence-corrected chi connectivity index (χ0v) is 18.4. The molecule has 31 heavy (non-hydrogen) atoms. The van der Waals surface area contributed by atoms with E-state index in [1.165, 1.54) is 13.4 Å². The van der Waals surface area contributed by atoms with Crippen molar-refractivity contribution < 1.29 is 19.4 Å². The molecule has 8 nitrogen and oxygen atoms in total. The smallest absolute Gasteiger partial charge is 0.224 e. The van der Waals surface area contributed by atoms with E-state index in [9.17, 15) is 9.90 Å². The van der Waals surface area contributed by atoms with Crippen molar-refractivity contribution in [3.63, 3.8) is 0 Å². The molecule has 1 aromatic heterocycles. The summed E-state index contributed by atoms with van der Waals surface area (Å²) in [4.78, 5) is 20.8. The molecule has 0 unspecified atom stereocenters. The minimum absolute atomic E-state index is 0.0895. The molecule has 3 aromatic rings. The van der Waals surface area contributed by atoms with E-state index in [1.54, 1.807) is 26.2 Å². The number of aliphatic hydroxyl groups is 1. The summed E-state index contributed by atoms with van der Waals surface area (Å²) in [7, 11) is 3.09. The molecule has 3 rings (SSSR count). The quantitative estimate of drug-likeness (QED) is 0.461. The Labute approximate surface area is 185 Å². The lowest BCUT2D eigenvalue weighted by molar-refractivity contribution is -0.115. The van der Waals surface area contributed by atoms with Crippen LogP contribution in [0.2, 0.25) is 5.02 Å². The monoisotopic (exact) mass is 444 g/mol. The lowest BCUT2D eigenvalue weighted by Gasteiger charge is -2.18. The molecule has 1 heterocycles. The van der Waals surface area contributed by atoms with Gasteiger partial charge in [0.2, 0.25) is 5.91 Å². The van der Waals surface area contributed by atoms with Crippen LogP contribution in [0.15, 0.2) is 30.6 Å². The number of hydrogen-bond donors (Lipinski definition) is 3. The fourth-order valence-corrected chi connectivity index (χ4v) is 3.59. The first-order valence-corrected chi connectivity index (χ1v) is 10.2. The maximum atomic E-state index is 12.0. The highest BCUT2D eigenvalue weighted by atomic mass is 35.5. The molecule has 0 atom stereocenters. The average Bonchev–Trinajstić information content (AvgIpc) is 2.78. The van der Waals surface area contributed by atoms with Crippen molar-refractivity contribution in [3.05, 3.63) is 46.7 Å². The summed E-state index contributed by atoms with van der Waals surface area (Å²) in [6.07, 6.45) is 2.10. The zero-order valence-electron chi connectivity index (χ0n) is 17.7. The Bertz CT molecular complexity index is 1090. The van der Waals surface area contributed by atoms with E-state index >= 15 is 0 Å². The Balaban J connectivity index is 2.03. The van der Waals surface area contributed by atoms with Crippen LogP contribution in [0.3, 0.4) is 0 Å². The number of aliphatic hydroxyl groups excluding tert-OH is 1. The molecular formula is C22H25ClN4O4. The van der Waals surface area contributed by atoms with Gasteiger partial charge in [-0.3, -0.25) is 4.79 Å². The summed E-state index contributed by atoms with van der Waals surface area (Å²) in [5.41, 5.74) is 2.80. The number of halogens is 1. The molecule has 0 radical (unpaired) electrons. The van der Waals surface area contributed by atoms with E-state index < -0.39 is 0 Å². The van der Waals surface area contributed by atoms with Gasteiger partial charge in [-0.1, -0.05) is 24.6 Å². The number of rotatable bonds is 9. The topological polar surface area (TPSA) is 106 Å². The van der Waals surface area contributed by atoms with E-state index in [0.29, 0.717) is 63.9 Å². The maximum absolute atomic E-state index is 12.0. The first kappa shape index (κ1) is 22.6. The van der Waals surface area contributed by atoms with E-state index in [4.69, 9.17) is 21.1 Å². The van der Waals surface area contributed by atoms with Gasteiger partial charge < -0.3 is 25.2 Å². The first-order chi connectivity index (χ1) is 15.0. The average molecular weight is 445 g/mol. The van der Waals surface area contributed by atoms with Crippen LogP contribution in [-0.4, -0.2) is 41.8 Å². The van der Waals surface area contributed by atoms with E-state index in [1.807, 2.05) is 12.1 Å². The minimum atomic E-state index is -0.146. The van der Waals surface area contributed by atoms with Crippen LogP contribution in [0.5, 0.6) is 11.5 Å². The Morgan fingerprint density at radius 2 is 2.00 bits per heavy atom. The molecule has 0 fully saturated rings. The number of amides is 1. The van der Waals surface area contributed by atoms with Gasteiger partial charge in [0.15, 0.2) is 0 Å². The van der Waals surface area contributed by atoms with Crippen LogP contribution >= 0.6 is 11.6 Å². The normalized spacial score (nSPS) is 10.7. The van der Waals surface area contributed by atoms with Gasteiger partial charge in [0, 0.05) is 36.9 Å². The Kier molecular flexibility index (Phi) is 7.49. The molecule has 9 heteroatoms. The van der Waals surface area contributed by atoms with Gasteiger partial charge in [0.1, 0.15) is 23.6 Å². The number of anilines is 2. The van der Waals surface area contributed by atoms with Gasteiger partial charge in [0.25, 0.3) is 0 Å². The van der Waals surface area contributed by atoms with Crippen molar-refractivity contribution in [1.82, 2.24) is 9.97 Å². The Hall–Kier alpha value is -3.10.